The van der Waals surface area contributed by atoms with Crippen LogP contribution in [0, 0.1) is 17.8 Å². The molecule has 3 saturated heterocycles. The van der Waals surface area contributed by atoms with Gasteiger partial charge in [0, 0.05) is 29.2 Å². The van der Waals surface area contributed by atoms with Crippen molar-refractivity contribution in [2.75, 3.05) is 13.1 Å². The molecular weight excluding hydrogens is 368 g/mol. The molecule has 30 heavy (non-hydrogen) atoms. The first-order valence-electron chi connectivity index (χ1n) is 11.5. The zero-order valence-electron chi connectivity index (χ0n) is 18.6. The zero-order chi connectivity index (χ0) is 21.1. The summed E-state index contributed by atoms with van der Waals surface area (Å²) in [6, 6.07) is 21.1. The Bertz CT molecular complexity index is 876. The fraction of sp³-hybridized carbons (Fsp3) is 0.519. The maximum absolute atomic E-state index is 14.2. The second-order valence-corrected chi connectivity index (χ2v) is 10.9. The molecule has 2 unspecified atom stereocenters. The molecule has 158 valence electrons. The van der Waals surface area contributed by atoms with Gasteiger partial charge in [-0.25, -0.2) is 4.79 Å². The van der Waals surface area contributed by atoms with Gasteiger partial charge in [0.05, 0.1) is 19.5 Å². The Balaban J connectivity index is 1.52. The third-order valence-electron chi connectivity index (χ3n) is 9.32. The number of nitrogens with zero attached hydrogens (tertiary/aromatic N) is 1. The summed E-state index contributed by atoms with van der Waals surface area (Å²) in [5, 5.41) is 0. The number of piperidine rings is 3. The van der Waals surface area contributed by atoms with Crippen molar-refractivity contribution in [3.05, 3.63) is 71.8 Å². The molecule has 6 rings (SSSR count). The molecule has 1 aliphatic carbocycles. The number of benzene rings is 2. The normalized spacial score (nSPS) is 36.2. The van der Waals surface area contributed by atoms with Crippen LogP contribution in [0.4, 0.5) is 0 Å². The Morgan fingerprint density at radius 2 is 1.37 bits per heavy atom. The van der Waals surface area contributed by atoms with E-state index in [0.29, 0.717) is 34.6 Å². The Morgan fingerprint density at radius 1 is 0.900 bits per heavy atom. The van der Waals surface area contributed by atoms with Crippen LogP contribution in [0.5, 0.6) is 0 Å². The van der Waals surface area contributed by atoms with E-state index < -0.39 is 0 Å². The van der Waals surface area contributed by atoms with Gasteiger partial charge < -0.3 is 5.73 Å². The van der Waals surface area contributed by atoms with Gasteiger partial charge in [-0.15, -0.1) is 0 Å². The SMILES string of the molecule is CC1(N)C2CC3CC1C[N+](C(=O)CC(c1ccccc1)c1ccccc1)(C2)C3(C)C. The van der Waals surface area contributed by atoms with E-state index in [2.05, 4.69) is 69.3 Å². The fourth-order valence-corrected chi connectivity index (χ4v) is 7.06. The molecule has 3 heteroatoms. The minimum Gasteiger partial charge on any atom is -0.324 e. The van der Waals surface area contributed by atoms with Crippen LogP contribution in [0.1, 0.15) is 57.1 Å². The average Bonchev–Trinajstić information content (AvgIpc) is 2.72. The minimum atomic E-state index is -0.118. The van der Waals surface area contributed by atoms with Crippen molar-refractivity contribution in [2.24, 2.45) is 23.5 Å². The number of hydrogen-bond donors (Lipinski definition) is 1. The van der Waals surface area contributed by atoms with Crippen LogP contribution in [0.25, 0.3) is 0 Å². The van der Waals surface area contributed by atoms with Crippen molar-refractivity contribution in [1.29, 1.82) is 0 Å². The second-order valence-electron chi connectivity index (χ2n) is 10.9. The third kappa shape index (κ3) is 2.75. The van der Waals surface area contributed by atoms with E-state index in [0.717, 1.165) is 13.1 Å². The summed E-state index contributed by atoms with van der Waals surface area (Å²) in [5.41, 5.74) is 9.16. The molecule has 2 aromatic rings. The number of amides is 1. The standard InChI is InChI=1S/C27H35N2O/c1-26(2)21-14-22-17-29(26,18-23(15-21)27(22,3)28)25(30)16-24(19-10-6-4-7-11-19)20-12-8-5-9-13-20/h4-13,21-24H,14-18,28H2,1-3H3/q+1. The lowest BCUT2D eigenvalue weighted by atomic mass is 9.52. The van der Waals surface area contributed by atoms with Gasteiger partial charge in [0.2, 0.25) is 0 Å². The largest absolute Gasteiger partial charge is 0.324 e. The molecule has 0 radical (unpaired) electrons. The van der Waals surface area contributed by atoms with E-state index in [1.807, 2.05) is 12.1 Å². The van der Waals surface area contributed by atoms with Gasteiger partial charge in [0.15, 0.2) is 0 Å². The van der Waals surface area contributed by atoms with Crippen molar-refractivity contribution < 1.29 is 9.28 Å². The summed E-state index contributed by atoms with van der Waals surface area (Å²) < 4.78 is 0.635. The number of nitrogens with two attached hydrogens (primary N) is 1. The molecule has 3 aliphatic heterocycles. The molecule has 1 amide bonds. The van der Waals surface area contributed by atoms with E-state index in [1.54, 1.807) is 0 Å². The number of carbonyl (C=O) groups is 1. The Kier molecular flexibility index (Phi) is 4.50. The summed E-state index contributed by atoms with van der Waals surface area (Å²) in [6.45, 7) is 8.78. The molecule has 3 heterocycles. The molecule has 0 aromatic heterocycles. The van der Waals surface area contributed by atoms with E-state index >= 15 is 0 Å². The molecule has 1 saturated carbocycles. The van der Waals surface area contributed by atoms with Crippen LogP contribution in [-0.4, -0.2) is 34.6 Å². The molecule has 0 spiro atoms. The van der Waals surface area contributed by atoms with E-state index in [9.17, 15) is 4.79 Å². The lowest BCUT2D eigenvalue weighted by Gasteiger charge is -2.69. The molecular formula is C27H35N2O+. The van der Waals surface area contributed by atoms with Crippen LogP contribution >= 0.6 is 0 Å². The highest BCUT2D eigenvalue weighted by Crippen LogP contribution is 2.59. The van der Waals surface area contributed by atoms with Gasteiger partial charge in [-0.05, 0) is 44.7 Å². The van der Waals surface area contributed by atoms with Crippen LogP contribution in [0.3, 0.4) is 0 Å². The van der Waals surface area contributed by atoms with Gasteiger partial charge >= 0.3 is 5.91 Å². The van der Waals surface area contributed by atoms with Crippen LogP contribution in [-0.2, 0) is 4.79 Å². The van der Waals surface area contributed by atoms with E-state index in [-0.39, 0.29) is 17.0 Å². The molecule has 4 bridgehead atoms. The lowest BCUT2D eigenvalue weighted by Crippen LogP contribution is -2.83. The highest BCUT2D eigenvalue weighted by Gasteiger charge is 2.70. The molecule has 2 aromatic carbocycles. The zero-order valence-corrected chi connectivity index (χ0v) is 18.6. The minimum absolute atomic E-state index is 0.00148. The monoisotopic (exact) mass is 403 g/mol. The van der Waals surface area contributed by atoms with Crippen LogP contribution in [0.15, 0.2) is 60.7 Å². The highest BCUT2D eigenvalue weighted by atomic mass is 16.2. The maximum atomic E-state index is 14.2. The topological polar surface area (TPSA) is 43.1 Å². The predicted molar refractivity (Wildman–Crippen MR) is 121 cm³/mol. The van der Waals surface area contributed by atoms with Crippen molar-refractivity contribution in [2.45, 2.75) is 57.0 Å². The quantitative estimate of drug-likeness (QED) is 0.751. The van der Waals surface area contributed by atoms with E-state index in [4.69, 9.17) is 5.73 Å². The lowest BCUT2D eigenvalue weighted by molar-refractivity contribution is -0.935. The molecule has 4 fully saturated rings. The van der Waals surface area contributed by atoms with Crippen molar-refractivity contribution in [1.82, 2.24) is 0 Å². The highest BCUT2D eigenvalue weighted by molar-refractivity contribution is 5.72. The summed E-state index contributed by atoms with van der Waals surface area (Å²) in [4.78, 5) is 14.2. The second kappa shape index (κ2) is 6.77. The average molecular weight is 404 g/mol. The summed E-state index contributed by atoms with van der Waals surface area (Å²) in [5.74, 6) is 2.03. The third-order valence-corrected chi connectivity index (χ3v) is 9.32. The van der Waals surface area contributed by atoms with Gasteiger partial charge in [-0.3, -0.25) is 4.48 Å². The van der Waals surface area contributed by atoms with E-state index in [1.165, 1.54) is 24.0 Å². The van der Waals surface area contributed by atoms with Gasteiger partial charge in [0.25, 0.3) is 0 Å². The number of hydrogen-bond acceptors (Lipinski definition) is 2. The fourth-order valence-electron chi connectivity index (χ4n) is 7.06. The van der Waals surface area contributed by atoms with Gasteiger partial charge in [0.1, 0.15) is 5.54 Å². The summed E-state index contributed by atoms with van der Waals surface area (Å²) in [7, 11) is 0. The maximum Gasteiger partial charge on any atom is 0.315 e. The Labute approximate surface area is 180 Å². The first kappa shape index (κ1) is 20.0. The Hall–Kier alpha value is -1.97. The number of rotatable bonds is 4. The predicted octanol–water partition coefficient (Wildman–Crippen LogP) is 4.72. The molecule has 2 atom stereocenters. The van der Waals surface area contributed by atoms with Gasteiger partial charge in [-0.1, -0.05) is 60.7 Å². The first-order valence-corrected chi connectivity index (χ1v) is 11.5. The molecule has 3 nitrogen and oxygen atoms in total. The Morgan fingerprint density at radius 3 is 1.83 bits per heavy atom. The van der Waals surface area contributed by atoms with Crippen molar-refractivity contribution >= 4 is 5.91 Å². The smallest absolute Gasteiger partial charge is 0.315 e. The molecule has 2 N–H and O–H groups in total. The van der Waals surface area contributed by atoms with Crippen LogP contribution in [0.2, 0.25) is 0 Å². The first-order chi connectivity index (χ1) is 14.3. The number of carbonyl (C=O) groups excluding carboxylic acids is 1. The van der Waals surface area contributed by atoms with Crippen LogP contribution < -0.4 is 5.73 Å². The molecule has 4 aliphatic rings. The number of quaternary nitrogens is 1. The summed E-state index contributed by atoms with van der Waals surface area (Å²) >= 11 is 0. The summed E-state index contributed by atoms with van der Waals surface area (Å²) in [6.07, 6.45) is 2.93. The van der Waals surface area contributed by atoms with Crippen molar-refractivity contribution in [3.63, 3.8) is 0 Å². The van der Waals surface area contributed by atoms with Gasteiger partial charge in [-0.2, -0.15) is 0 Å². The van der Waals surface area contributed by atoms with Crippen molar-refractivity contribution in [3.8, 4) is 0 Å².